The minimum Gasteiger partial charge on any atom is -0.399 e. The number of halogens is 1. The Hall–Kier alpha value is -2.19. The summed E-state index contributed by atoms with van der Waals surface area (Å²) in [5.74, 6) is 0.333. The van der Waals surface area contributed by atoms with Gasteiger partial charge in [-0.15, -0.1) is 0 Å². The van der Waals surface area contributed by atoms with Crippen LogP contribution in [-0.4, -0.2) is 21.6 Å². The molecule has 0 aliphatic carbocycles. The maximum absolute atomic E-state index is 11.9. The van der Waals surface area contributed by atoms with Gasteiger partial charge >= 0.3 is 0 Å². The van der Waals surface area contributed by atoms with Gasteiger partial charge in [-0.3, -0.25) is 4.79 Å². The van der Waals surface area contributed by atoms with E-state index in [0.29, 0.717) is 21.6 Å². The van der Waals surface area contributed by atoms with Gasteiger partial charge in [0.2, 0.25) is 5.91 Å². The predicted octanol–water partition coefficient (Wildman–Crippen LogP) is 1.61. The van der Waals surface area contributed by atoms with Gasteiger partial charge in [-0.2, -0.15) is 0 Å². The third kappa shape index (κ3) is 4.40. The Morgan fingerprint density at radius 1 is 1.19 bits per heavy atom. The molecule has 9 heteroatoms. The lowest BCUT2D eigenvalue weighted by Gasteiger charge is -2.08. The zero-order valence-corrected chi connectivity index (χ0v) is 12.4. The highest BCUT2D eigenvalue weighted by molar-refractivity contribution is 7.99. The van der Waals surface area contributed by atoms with Gasteiger partial charge < -0.3 is 22.5 Å². The van der Waals surface area contributed by atoms with E-state index in [-0.39, 0.29) is 23.3 Å². The number of aromatic nitrogens is 2. The summed E-state index contributed by atoms with van der Waals surface area (Å²) >= 11 is 7.08. The Bertz CT molecular complexity index is 661. The summed E-state index contributed by atoms with van der Waals surface area (Å²) in [7, 11) is 0. The highest BCUT2D eigenvalue weighted by Crippen LogP contribution is 2.24. The quantitative estimate of drug-likeness (QED) is 0.381. The number of rotatable bonds is 4. The molecule has 0 aliphatic heterocycles. The van der Waals surface area contributed by atoms with Gasteiger partial charge in [0.15, 0.2) is 5.16 Å². The van der Waals surface area contributed by atoms with Crippen LogP contribution in [0.5, 0.6) is 0 Å². The van der Waals surface area contributed by atoms with E-state index in [1.807, 2.05) is 0 Å². The third-order valence-corrected chi connectivity index (χ3v) is 3.52. The first-order valence-corrected chi connectivity index (χ1v) is 7.18. The van der Waals surface area contributed by atoms with Crippen LogP contribution < -0.4 is 22.5 Å². The fourth-order valence-electron chi connectivity index (χ4n) is 1.48. The second-order valence-corrected chi connectivity index (χ2v) is 5.43. The largest absolute Gasteiger partial charge is 0.399 e. The summed E-state index contributed by atoms with van der Waals surface area (Å²) in [5.41, 5.74) is 17.7. The van der Waals surface area contributed by atoms with Crippen molar-refractivity contribution in [3.63, 3.8) is 0 Å². The van der Waals surface area contributed by atoms with Crippen LogP contribution in [0.3, 0.4) is 0 Å². The SMILES string of the molecule is Nc1ccc(Cl)c(NC(=O)CSc2nc(N)cc(N)n2)c1. The molecule has 1 heterocycles. The summed E-state index contributed by atoms with van der Waals surface area (Å²) in [6.45, 7) is 0. The van der Waals surface area contributed by atoms with Crippen molar-refractivity contribution in [2.45, 2.75) is 5.16 Å². The average molecular weight is 325 g/mol. The molecule has 1 aromatic carbocycles. The number of nitrogen functional groups attached to an aromatic ring is 3. The first kappa shape index (κ1) is 15.2. The van der Waals surface area contributed by atoms with Gasteiger partial charge in [0.25, 0.3) is 0 Å². The predicted molar refractivity (Wildman–Crippen MR) is 86.1 cm³/mol. The fourth-order valence-corrected chi connectivity index (χ4v) is 2.32. The highest BCUT2D eigenvalue weighted by atomic mass is 35.5. The van der Waals surface area contributed by atoms with E-state index < -0.39 is 0 Å². The molecule has 0 radical (unpaired) electrons. The van der Waals surface area contributed by atoms with Crippen molar-refractivity contribution in [2.24, 2.45) is 0 Å². The third-order valence-electron chi connectivity index (χ3n) is 2.34. The van der Waals surface area contributed by atoms with Crippen LogP contribution >= 0.6 is 23.4 Å². The van der Waals surface area contributed by atoms with Crippen LogP contribution in [0.2, 0.25) is 5.02 Å². The van der Waals surface area contributed by atoms with Crippen LogP contribution in [0.25, 0.3) is 0 Å². The summed E-state index contributed by atoms with van der Waals surface area (Å²) < 4.78 is 0. The van der Waals surface area contributed by atoms with E-state index in [2.05, 4.69) is 15.3 Å². The number of hydrogen-bond acceptors (Lipinski definition) is 7. The molecule has 0 atom stereocenters. The van der Waals surface area contributed by atoms with E-state index in [9.17, 15) is 4.79 Å². The smallest absolute Gasteiger partial charge is 0.234 e. The number of nitrogens with two attached hydrogens (primary N) is 3. The highest BCUT2D eigenvalue weighted by Gasteiger charge is 2.09. The number of nitrogens with one attached hydrogen (secondary N) is 1. The first-order valence-electron chi connectivity index (χ1n) is 5.82. The Morgan fingerprint density at radius 2 is 1.86 bits per heavy atom. The molecule has 0 bridgehead atoms. The maximum atomic E-state index is 11.9. The molecule has 0 unspecified atom stereocenters. The molecule has 110 valence electrons. The van der Waals surface area contributed by atoms with Crippen LogP contribution in [0.4, 0.5) is 23.0 Å². The monoisotopic (exact) mass is 324 g/mol. The second-order valence-electron chi connectivity index (χ2n) is 4.08. The van der Waals surface area contributed by atoms with E-state index in [0.717, 1.165) is 11.8 Å². The van der Waals surface area contributed by atoms with E-state index >= 15 is 0 Å². The summed E-state index contributed by atoms with van der Waals surface area (Å²) in [5, 5.41) is 3.40. The number of carbonyl (C=O) groups excluding carboxylic acids is 1. The van der Waals surface area contributed by atoms with Gasteiger partial charge in [-0.25, -0.2) is 9.97 Å². The lowest BCUT2D eigenvalue weighted by molar-refractivity contribution is -0.113. The average Bonchev–Trinajstić information content (AvgIpc) is 2.40. The molecule has 0 saturated heterocycles. The topological polar surface area (TPSA) is 133 Å². The number of benzene rings is 1. The lowest BCUT2D eigenvalue weighted by atomic mass is 10.3. The van der Waals surface area contributed by atoms with Crippen molar-refractivity contribution in [1.29, 1.82) is 0 Å². The van der Waals surface area contributed by atoms with E-state index in [1.165, 1.54) is 6.07 Å². The minimum atomic E-state index is -0.267. The standard InChI is InChI=1S/C12H13ClN6OS/c13-7-2-1-6(14)3-8(7)17-11(20)5-21-12-18-9(15)4-10(16)19-12/h1-4H,5,14H2,(H,17,20)(H4,15,16,18,19). The molecule has 0 spiro atoms. The lowest BCUT2D eigenvalue weighted by Crippen LogP contribution is -2.15. The van der Waals surface area contributed by atoms with Crippen molar-refractivity contribution in [3.8, 4) is 0 Å². The van der Waals surface area contributed by atoms with Crippen molar-refractivity contribution in [2.75, 3.05) is 28.3 Å². The number of amides is 1. The van der Waals surface area contributed by atoms with Crippen LogP contribution in [0, 0.1) is 0 Å². The Morgan fingerprint density at radius 3 is 2.52 bits per heavy atom. The van der Waals surface area contributed by atoms with E-state index in [4.69, 9.17) is 28.8 Å². The van der Waals surface area contributed by atoms with Crippen LogP contribution in [-0.2, 0) is 4.79 Å². The molecule has 2 rings (SSSR count). The Labute approximate surface area is 130 Å². The molecule has 0 fully saturated rings. The molecular weight excluding hydrogens is 312 g/mol. The Kier molecular flexibility index (Phi) is 4.71. The molecule has 1 aromatic heterocycles. The molecule has 0 aliphatic rings. The van der Waals surface area contributed by atoms with Crippen molar-refractivity contribution in [3.05, 3.63) is 29.3 Å². The van der Waals surface area contributed by atoms with Crippen molar-refractivity contribution in [1.82, 2.24) is 9.97 Å². The zero-order valence-electron chi connectivity index (χ0n) is 10.8. The number of hydrogen-bond donors (Lipinski definition) is 4. The van der Waals surface area contributed by atoms with Gasteiger partial charge in [0, 0.05) is 11.8 Å². The zero-order chi connectivity index (χ0) is 15.4. The molecule has 7 nitrogen and oxygen atoms in total. The van der Waals surface area contributed by atoms with Gasteiger partial charge in [-0.1, -0.05) is 23.4 Å². The minimum absolute atomic E-state index is 0.0913. The van der Waals surface area contributed by atoms with Crippen molar-refractivity contribution < 1.29 is 4.79 Å². The summed E-state index contributed by atoms with van der Waals surface area (Å²) in [6, 6.07) is 6.29. The van der Waals surface area contributed by atoms with Crippen LogP contribution in [0.15, 0.2) is 29.4 Å². The van der Waals surface area contributed by atoms with Gasteiger partial charge in [0.05, 0.1) is 16.5 Å². The fraction of sp³-hybridized carbons (Fsp3) is 0.0833. The number of carbonyl (C=O) groups is 1. The van der Waals surface area contributed by atoms with E-state index in [1.54, 1.807) is 18.2 Å². The second kappa shape index (κ2) is 6.51. The molecule has 2 aromatic rings. The number of nitrogens with zero attached hydrogens (tertiary/aromatic N) is 2. The molecule has 0 saturated carbocycles. The summed E-state index contributed by atoms with van der Waals surface area (Å²) in [6.07, 6.45) is 0. The van der Waals surface area contributed by atoms with Gasteiger partial charge in [0.1, 0.15) is 11.6 Å². The summed E-state index contributed by atoms with van der Waals surface area (Å²) in [4.78, 5) is 19.8. The first-order chi connectivity index (χ1) is 9.94. The molecule has 1 amide bonds. The Balaban J connectivity index is 1.97. The molecule has 7 N–H and O–H groups in total. The molecule has 21 heavy (non-hydrogen) atoms. The van der Waals surface area contributed by atoms with Crippen molar-refractivity contribution >= 4 is 52.3 Å². The molecular formula is C12H13ClN6OS. The maximum Gasteiger partial charge on any atom is 0.234 e. The number of thioether (sulfide) groups is 1. The van der Waals surface area contributed by atoms with Crippen LogP contribution in [0.1, 0.15) is 0 Å². The normalized spacial score (nSPS) is 10.3. The number of anilines is 4. The van der Waals surface area contributed by atoms with Gasteiger partial charge in [-0.05, 0) is 18.2 Å².